The van der Waals surface area contributed by atoms with Crippen LogP contribution in [0.15, 0.2) is 30.3 Å². The van der Waals surface area contributed by atoms with Crippen molar-refractivity contribution in [1.82, 2.24) is 5.32 Å². The van der Waals surface area contributed by atoms with Crippen LogP contribution in [-0.4, -0.2) is 21.9 Å². The Morgan fingerprint density at radius 2 is 1.85 bits per heavy atom. The van der Waals surface area contributed by atoms with Crippen LogP contribution in [0.2, 0.25) is 0 Å². The van der Waals surface area contributed by atoms with Crippen LogP contribution in [0, 0.1) is 5.92 Å². The zero-order valence-electron chi connectivity index (χ0n) is 12.0. The molecule has 1 N–H and O–H groups in total. The van der Waals surface area contributed by atoms with E-state index in [-0.39, 0.29) is 17.7 Å². The van der Waals surface area contributed by atoms with E-state index in [4.69, 9.17) is 0 Å². The van der Waals surface area contributed by atoms with Crippen LogP contribution in [0.25, 0.3) is 0 Å². The summed E-state index contributed by atoms with van der Waals surface area (Å²) >= 11 is 0. The summed E-state index contributed by atoms with van der Waals surface area (Å²) in [5, 5.41) is 3.02. The smallest absolute Gasteiger partial charge is 0.232 e. The predicted octanol–water partition coefficient (Wildman–Crippen LogP) is 2.63. The van der Waals surface area contributed by atoms with Gasteiger partial charge in [-0.2, -0.15) is 0 Å². The van der Waals surface area contributed by atoms with Crippen LogP contribution in [0.4, 0.5) is 0 Å². The molecule has 0 aliphatic heterocycles. The second kappa shape index (κ2) is 7.58. The van der Waals surface area contributed by atoms with Crippen molar-refractivity contribution in [3.63, 3.8) is 0 Å². The molecule has 0 heterocycles. The van der Waals surface area contributed by atoms with Crippen LogP contribution in [0.1, 0.15) is 38.2 Å². The minimum atomic E-state index is -1.12. The Bertz CT molecular complexity index is 453. The fraction of sp³-hybridized carbons (Fsp3) is 0.562. The van der Waals surface area contributed by atoms with Gasteiger partial charge in [-0.3, -0.25) is 9.00 Å². The third-order valence-corrected chi connectivity index (χ3v) is 5.08. The Morgan fingerprint density at radius 3 is 2.50 bits per heavy atom. The highest BCUT2D eigenvalue weighted by molar-refractivity contribution is 7.84. The number of hydrogen-bond acceptors (Lipinski definition) is 2. The Labute approximate surface area is 123 Å². The molecular weight excluding hydrogens is 270 g/mol. The molecule has 1 aromatic carbocycles. The van der Waals surface area contributed by atoms with E-state index >= 15 is 0 Å². The predicted molar refractivity (Wildman–Crippen MR) is 82.7 cm³/mol. The number of benzene rings is 1. The maximum absolute atomic E-state index is 12.0. The van der Waals surface area contributed by atoms with Gasteiger partial charge in [0.05, 0.1) is 0 Å². The average Bonchev–Trinajstić information content (AvgIpc) is 2.42. The third-order valence-electron chi connectivity index (χ3n) is 3.84. The first kappa shape index (κ1) is 15.2. The van der Waals surface area contributed by atoms with Gasteiger partial charge in [-0.1, -0.05) is 37.3 Å². The van der Waals surface area contributed by atoms with Gasteiger partial charge in [-0.25, -0.2) is 0 Å². The zero-order valence-corrected chi connectivity index (χ0v) is 12.8. The van der Waals surface area contributed by atoms with E-state index in [1.807, 2.05) is 30.3 Å². The molecule has 3 nitrogen and oxygen atoms in total. The molecule has 0 spiro atoms. The fourth-order valence-corrected chi connectivity index (χ4v) is 3.67. The minimum absolute atomic E-state index is 0.0705. The molecule has 110 valence electrons. The molecule has 0 unspecified atom stereocenters. The van der Waals surface area contributed by atoms with Gasteiger partial charge in [0.15, 0.2) is 0 Å². The van der Waals surface area contributed by atoms with Crippen molar-refractivity contribution in [2.75, 3.05) is 5.75 Å². The van der Waals surface area contributed by atoms with E-state index in [1.165, 1.54) is 12.8 Å². The Hall–Kier alpha value is -1.16. The summed E-state index contributed by atoms with van der Waals surface area (Å²) < 4.78 is 12.0. The van der Waals surface area contributed by atoms with Crippen molar-refractivity contribution in [3.8, 4) is 0 Å². The van der Waals surface area contributed by atoms with Crippen molar-refractivity contribution in [1.29, 1.82) is 0 Å². The first-order chi connectivity index (χ1) is 9.63. The molecule has 1 atom stereocenters. The molecular formula is C16H23NO2S. The maximum Gasteiger partial charge on any atom is 0.232 e. The summed E-state index contributed by atoms with van der Waals surface area (Å²) in [6.07, 6.45) is 4.46. The summed E-state index contributed by atoms with van der Waals surface area (Å²) in [5.41, 5.74) is 1.02. The average molecular weight is 293 g/mol. The third kappa shape index (κ3) is 5.08. The molecule has 0 bridgehead atoms. The van der Waals surface area contributed by atoms with E-state index in [1.54, 1.807) is 0 Å². The van der Waals surface area contributed by atoms with Crippen molar-refractivity contribution in [2.24, 2.45) is 5.92 Å². The van der Waals surface area contributed by atoms with Gasteiger partial charge in [0.2, 0.25) is 5.91 Å². The molecule has 20 heavy (non-hydrogen) atoms. The second-order valence-electron chi connectivity index (χ2n) is 5.74. The molecule has 1 saturated carbocycles. The first-order valence-corrected chi connectivity index (χ1v) is 8.80. The number of rotatable bonds is 5. The Morgan fingerprint density at radius 1 is 1.20 bits per heavy atom. The first-order valence-electron chi connectivity index (χ1n) is 7.31. The highest BCUT2D eigenvalue weighted by Gasteiger charge is 2.20. The molecule has 4 heteroatoms. The summed E-state index contributed by atoms with van der Waals surface area (Å²) in [4.78, 5) is 11.9. The van der Waals surface area contributed by atoms with Crippen molar-refractivity contribution >= 4 is 16.7 Å². The highest BCUT2D eigenvalue weighted by Crippen LogP contribution is 2.23. The Kier molecular flexibility index (Phi) is 5.77. The molecule has 1 fully saturated rings. The zero-order chi connectivity index (χ0) is 14.4. The lowest BCUT2D eigenvalue weighted by Crippen LogP contribution is -2.39. The molecule has 2 rings (SSSR count). The van der Waals surface area contributed by atoms with Crippen LogP contribution >= 0.6 is 0 Å². The largest absolute Gasteiger partial charge is 0.353 e. The van der Waals surface area contributed by atoms with Gasteiger partial charge >= 0.3 is 0 Å². The quantitative estimate of drug-likeness (QED) is 0.907. The number of carbonyl (C=O) groups excluding carboxylic acids is 1. The van der Waals surface area contributed by atoms with Crippen LogP contribution in [-0.2, 0) is 21.3 Å². The van der Waals surface area contributed by atoms with Crippen molar-refractivity contribution in [3.05, 3.63) is 35.9 Å². The van der Waals surface area contributed by atoms with Gasteiger partial charge < -0.3 is 5.32 Å². The summed E-state index contributed by atoms with van der Waals surface area (Å²) in [6.45, 7) is 2.26. The number of carbonyl (C=O) groups is 1. The molecule has 0 aromatic heterocycles. The monoisotopic (exact) mass is 293 g/mol. The molecule has 0 radical (unpaired) electrons. The highest BCUT2D eigenvalue weighted by atomic mass is 32.2. The van der Waals surface area contributed by atoms with Crippen molar-refractivity contribution < 1.29 is 9.00 Å². The SMILES string of the molecule is CC1CCC(NC(=O)C[S@](=O)Cc2ccccc2)CC1. The van der Waals surface area contributed by atoms with E-state index in [2.05, 4.69) is 12.2 Å². The lowest BCUT2D eigenvalue weighted by molar-refractivity contribution is -0.119. The number of hydrogen-bond donors (Lipinski definition) is 1. The normalized spacial score (nSPS) is 24.1. The van der Waals surface area contributed by atoms with Crippen LogP contribution < -0.4 is 5.32 Å². The lowest BCUT2D eigenvalue weighted by Gasteiger charge is -2.26. The molecule has 1 aliphatic rings. The van der Waals surface area contributed by atoms with Gasteiger partial charge in [0.25, 0.3) is 0 Å². The topological polar surface area (TPSA) is 46.2 Å². The minimum Gasteiger partial charge on any atom is -0.353 e. The summed E-state index contributed by atoms with van der Waals surface area (Å²) in [5.74, 6) is 1.27. The van der Waals surface area contributed by atoms with E-state index < -0.39 is 10.8 Å². The summed E-state index contributed by atoms with van der Waals surface area (Å²) in [6, 6.07) is 9.96. The number of amides is 1. The van der Waals surface area contributed by atoms with Gasteiger partial charge in [-0.05, 0) is 37.2 Å². The molecule has 1 aromatic rings. The molecule has 0 saturated heterocycles. The van der Waals surface area contributed by atoms with E-state index in [0.29, 0.717) is 5.75 Å². The van der Waals surface area contributed by atoms with Crippen LogP contribution in [0.5, 0.6) is 0 Å². The summed E-state index contributed by atoms with van der Waals surface area (Å²) in [7, 11) is -1.12. The van der Waals surface area contributed by atoms with Gasteiger partial charge in [0.1, 0.15) is 5.75 Å². The van der Waals surface area contributed by atoms with E-state index in [9.17, 15) is 9.00 Å². The molecule has 1 amide bonds. The fourth-order valence-electron chi connectivity index (χ4n) is 2.63. The standard InChI is InChI=1S/C16H23NO2S/c1-13-7-9-15(10-8-13)17-16(18)12-20(19)11-14-5-3-2-4-6-14/h2-6,13,15H,7-12H2,1H3,(H,17,18)/t13?,15?,20-/m1/s1. The molecule has 1 aliphatic carbocycles. The lowest BCUT2D eigenvalue weighted by atomic mass is 9.87. The van der Waals surface area contributed by atoms with Gasteiger partial charge in [-0.15, -0.1) is 0 Å². The number of nitrogens with one attached hydrogen (secondary N) is 1. The van der Waals surface area contributed by atoms with Crippen LogP contribution in [0.3, 0.4) is 0 Å². The maximum atomic E-state index is 12.0. The van der Waals surface area contributed by atoms with Crippen molar-refractivity contribution in [2.45, 2.75) is 44.4 Å². The van der Waals surface area contributed by atoms with Gasteiger partial charge in [0, 0.05) is 22.6 Å². The van der Waals surface area contributed by atoms with E-state index in [0.717, 1.165) is 24.3 Å². The Balaban J connectivity index is 1.72. The second-order valence-corrected chi connectivity index (χ2v) is 7.20.